The first-order valence-corrected chi connectivity index (χ1v) is 6.68. The van der Waals surface area contributed by atoms with Gasteiger partial charge in [0.1, 0.15) is 0 Å². The molecular weight excluding hydrogens is 220 g/mol. The zero-order valence-electron chi connectivity index (χ0n) is 11.5. The molecule has 1 heterocycles. The molecule has 0 spiro atoms. The fourth-order valence-electron chi connectivity index (χ4n) is 2.19. The number of hydrogen-bond acceptors (Lipinski definition) is 1. The van der Waals surface area contributed by atoms with Crippen LogP contribution < -0.4 is 5.32 Å². The third kappa shape index (κ3) is 2.82. The Balaban J connectivity index is 2.19. The lowest BCUT2D eigenvalue weighted by molar-refractivity contribution is 0.625. The van der Waals surface area contributed by atoms with Gasteiger partial charge in [0.05, 0.1) is 0 Å². The van der Waals surface area contributed by atoms with E-state index >= 15 is 0 Å². The van der Waals surface area contributed by atoms with Crippen LogP contribution in [0.1, 0.15) is 25.8 Å². The van der Waals surface area contributed by atoms with Gasteiger partial charge in [-0.3, -0.25) is 0 Å². The molecule has 1 aromatic heterocycles. The van der Waals surface area contributed by atoms with Crippen LogP contribution in [0.4, 0.5) is 0 Å². The van der Waals surface area contributed by atoms with Crippen molar-refractivity contribution in [3.63, 3.8) is 0 Å². The Bertz CT molecular complexity index is 537. The molecule has 2 rings (SSSR count). The van der Waals surface area contributed by atoms with Crippen LogP contribution in [0.3, 0.4) is 0 Å². The quantitative estimate of drug-likeness (QED) is 0.848. The van der Waals surface area contributed by atoms with Gasteiger partial charge in [-0.05, 0) is 31.5 Å². The molecule has 0 fully saturated rings. The first-order chi connectivity index (χ1) is 8.72. The van der Waals surface area contributed by atoms with Gasteiger partial charge in [0.25, 0.3) is 0 Å². The number of nitrogens with one attached hydrogen (secondary N) is 1. The lowest BCUT2D eigenvalue weighted by Crippen LogP contribution is -2.24. The summed E-state index contributed by atoms with van der Waals surface area (Å²) < 4.78 is 2.18. The standard InChI is InChI=1S/C16H22N2/c1-4-11-17-13(2)9-10-14-12-18(3)16-8-6-5-7-15(14)16/h5-10,12-13,17H,4,11H2,1-3H3/b10-9+. The van der Waals surface area contributed by atoms with E-state index in [9.17, 15) is 0 Å². The van der Waals surface area contributed by atoms with Crippen LogP contribution in [0.15, 0.2) is 36.5 Å². The topological polar surface area (TPSA) is 17.0 Å². The number of benzene rings is 1. The monoisotopic (exact) mass is 242 g/mol. The molecule has 18 heavy (non-hydrogen) atoms. The molecule has 96 valence electrons. The molecule has 0 radical (unpaired) electrons. The summed E-state index contributed by atoms with van der Waals surface area (Å²) in [5, 5.41) is 4.78. The van der Waals surface area contributed by atoms with Gasteiger partial charge in [0.2, 0.25) is 0 Å². The van der Waals surface area contributed by atoms with Crippen molar-refractivity contribution in [1.29, 1.82) is 0 Å². The number of nitrogens with zero attached hydrogens (tertiary/aromatic N) is 1. The Labute approximate surface area is 109 Å². The van der Waals surface area contributed by atoms with Crippen molar-refractivity contribution in [3.8, 4) is 0 Å². The third-order valence-corrected chi connectivity index (χ3v) is 3.21. The number of aryl methyl sites for hydroxylation is 1. The fourth-order valence-corrected chi connectivity index (χ4v) is 2.19. The Hall–Kier alpha value is -1.54. The van der Waals surface area contributed by atoms with E-state index in [1.54, 1.807) is 0 Å². The highest BCUT2D eigenvalue weighted by atomic mass is 14.9. The highest BCUT2D eigenvalue weighted by molar-refractivity contribution is 5.89. The van der Waals surface area contributed by atoms with Crippen LogP contribution in [-0.4, -0.2) is 17.2 Å². The maximum absolute atomic E-state index is 3.46. The van der Waals surface area contributed by atoms with E-state index in [1.165, 1.54) is 22.9 Å². The zero-order chi connectivity index (χ0) is 13.0. The zero-order valence-corrected chi connectivity index (χ0v) is 11.5. The summed E-state index contributed by atoms with van der Waals surface area (Å²) >= 11 is 0. The minimum atomic E-state index is 0.420. The summed E-state index contributed by atoms with van der Waals surface area (Å²) in [4.78, 5) is 0. The van der Waals surface area contributed by atoms with E-state index in [4.69, 9.17) is 0 Å². The van der Waals surface area contributed by atoms with Gasteiger partial charge < -0.3 is 9.88 Å². The Morgan fingerprint density at radius 2 is 2.11 bits per heavy atom. The van der Waals surface area contributed by atoms with Gasteiger partial charge >= 0.3 is 0 Å². The molecular formula is C16H22N2. The first-order valence-electron chi connectivity index (χ1n) is 6.68. The second-order valence-electron chi connectivity index (χ2n) is 4.81. The largest absolute Gasteiger partial charge is 0.350 e. The molecule has 0 saturated carbocycles. The van der Waals surface area contributed by atoms with E-state index < -0.39 is 0 Å². The van der Waals surface area contributed by atoms with E-state index in [0.29, 0.717) is 6.04 Å². The van der Waals surface area contributed by atoms with Crippen molar-refractivity contribution in [2.24, 2.45) is 7.05 Å². The Kier molecular flexibility index (Phi) is 4.21. The molecule has 0 saturated heterocycles. The van der Waals surface area contributed by atoms with Crippen LogP contribution in [0.5, 0.6) is 0 Å². The predicted molar refractivity (Wildman–Crippen MR) is 79.7 cm³/mol. The SMILES string of the molecule is CCCNC(C)/C=C/c1cn(C)c2ccccc12. The second-order valence-corrected chi connectivity index (χ2v) is 4.81. The van der Waals surface area contributed by atoms with E-state index in [2.05, 4.69) is 73.4 Å². The fraction of sp³-hybridized carbons (Fsp3) is 0.375. The lowest BCUT2D eigenvalue weighted by atomic mass is 10.1. The van der Waals surface area contributed by atoms with Gasteiger partial charge in [-0.25, -0.2) is 0 Å². The van der Waals surface area contributed by atoms with Crippen molar-refractivity contribution < 1.29 is 0 Å². The molecule has 0 amide bonds. The minimum Gasteiger partial charge on any atom is -0.350 e. The van der Waals surface area contributed by atoms with Crippen LogP contribution in [-0.2, 0) is 7.05 Å². The number of rotatable bonds is 5. The highest BCUT2D eigenvalue weighted by Crippen LogP contribution is 2.21. The summed E-state index contributed by atoms with van der Waals surface area (Å²) in [7, 11) is 2.10. The average Bonchev–Trinajstić information content (AvgIpc) is 2.71. The van der Waals surface area contributed by atoms with Crippen LogP contribution >= 0.6 is 0 Å². The number of fused-ring (bicyclic) bond motifs is 1. The molecule has 2 nitrogen and oxygen atoms in total. The highest BCUT2D eigenvalue weighted by Gasteiger charge is 2.03. The van der Waals surface area contributed by atoms with Crippen LogP contribution in [0.2, 0.25) is 0 Å². The van der Waals surface area contributed by atoms with Crippen molar-refractivity contribution in [1.82, 2.24) is 9.88 Å². The lowest BCUT2D eigenvalue weighted by Gasteiger charge is -2.07. The summed E-state index contributed by atoms with van der Waals surface area (Å²) in [5.41, 5.74) is 2.57. The third-order valence-electron chi connectivity index (χ3n) is 3.21. The Morgan fingerprint density at radius 1 is 1.33 bits per heavy atom. The first kappa shape index (κ1) is 12.9. The van der Waals surface area contributed by atoms with Gasteiger partial charge in [0.15, 0.2) is 0 Å². The van der Waals surface area contributed by atoms with Gasteiger partial charge in [-0.1, -0.05) is 37.3 Å². The maximum Gasteiger partial charge on any atom is 0.0483 e. The molecule has 2 heteroatoms. The molecule has 0 aliphatic rings. The molecule has 0 bridgehead atoms. The minimum absolute atomic E-state index is 0.420. The molecule has 1 atom stereocenters. The molecule has 2 aromatic rings. The smallest absolute Gasteiger partial charge is 0.0483 e. The van der Waals surface area contributed by atoms with Gasteiger partial charge in [0, 0.05) is 30.2 Å². The normalized spacial score (nSPS) is 13.5. The summed E-state index contributed by atoms with van der Waals surface area (Å²) in [6.07, 6.45) is 7.81. The van der Waals surface area contributed by atoms with Crippen LogP contribution in [0, 0.1) is 0 Å². The van der Waals surface area contributed by atoms with Crippen molar-refractivity contribution >= 4 is 17.0 Å². The van der Waals surface area contributed by atoms with E-state index in [0.717, 1.165) is 6.54 Å². The average molecular weight is 242 g/mol. The molecule has 1 N–H and O–H groups in total. The molecule has 0 aliphatic carbocycles. The predicted octanol–water partition coefficient (Wildman–Crippen LogP) is 3.58. The van der Waals surface area contributed by atoms with Crippen molar-refractivity contribution in [2.75, 3.05) is 6.54 Å². The Morgan fingerprint density at radius 3 is 2.89 bits per heavy atom. The van der Waals surface area contributed by atoms with E-state index in [-0.39, 0.29) is 0 Å². The summed E-state index contributed by atoms with van der Waals surface area (Å²) in [6.45, 7) is 5.45. The van der Waals surface area contributed by atoms with Crippen molar-refractivity contribution in [2.45, 2.75) is 26.3 Å². The number of hydrogen-bond donors (Lipinski definition) is 1. The second kappa shape index (κ2) is 5.87. The summed E-state index contributed by atoms with van der Waals surface area (Å²) in [5.74, 6) is 0. The van der Waals surface area contributed by atoms with Crippen LogP contribution in [0.25, 0.3) is 17.0 Å². The van der Waals surface area contributed by atoms with Gasteiger partial charge in [-0.15, -0.1) is 0 Å². The van der Waals surface area contributed by atoms with Gasteiger partial charge in [-0.2, -0.15) is 0 Å². The molecule has 1 aromatic carbocycles. The molecule has 0 aliphatic heterocycles. The molecule has 1 unspecified atom stereocenters. The number of aromatic nitrogens is 1. The van der Waals surface area contributed by atoms with E-state index in [1.807, 2.05) is 0 Å². The maximum atomic E-state index is 3.46. The number of para-hydroxylation sites is 1. The summed E-state index contributed by atoms with van der Waals surface area (Å²) in [6, 6.07) is 8.94. The van der Waals surface area contributed by atoms with Crippen molar-refractivity contribution in [3.05, 3.63) is 42.1 Å².